The maximum absolute atomic E-state index is 5.80. The summed E-state index contributed by atoms with van der Waals surface area (Å²) in [7, 11) is 2.18. The van der Waals surface area contributed by atoms with Gasteiger partial charge in [-0.1, -0.05) is 6.92 Å². The molecular weight excluding hydrogens is 246 g/mol. The summed E-state index contributed by atoms with van der Waals surface area (Å²) in [4.78, 5) is 2.39. The van der Waals surface area contributed by atoms with Crippen LogP contribution >= 0.6 is 11.8 Å². The van der Waals surface area contributed by atoms with Crippen molar-refractivity contribution in [3.05, 3.63) is 18.0 Å². The highest BCUT2D eigenvalue weighted by atomic mass is 32.2. The summed E-state index contributed by atoms with van der Waals surface area (Å²) >= 11 is 2.00. The Morgan fingerprint density at radius 2 is 2.50 bits per heavy atom. The summed E-state index contributed by atoms with van der Waals surface area (Å²) in [5.41, 5.74) is 4.18. The van der Waals surface area contributed by atoms with E-state index in [1.807, 2.05) is 18.0 Å². The molecule has 0 saturated carbocycles. The zero-order chi connectivity index (χ0) is 13.0. The van der Waals surface area contributed by atoms with Gasteiger partial charge in [0, 0.05) is 36.8 Å². The van der Waals surface area contributed by atoms with Crippen LogP contribution in [0, 0.1) is 0 Å². The predicted molar refractivity (Wildman–Crippen MR) is 76.3 cm³/mol. The summed E-state index contributed by atoms with van der Waals surface area (Å²) in [5.74, 6) is 8.12. The predicted octanol–water partition coefficient (Wildman–Crippen LogP) is 0.845. The maximum atomic E-state index is 5.80. The quantitative estimate of drug-likeness (QED) is 0.613. The molecule has 0 bridgehead atoms. The Hall–Kier alpha value is -0.560. The van der Waals surface area contributed by atoms with Crippen molar-refractivity contribution < 1.29 is 0 Å². The van der Waals surface area contributed by atoms with Crippen molar-refractivity contribution in [2.45, 2.75) is 32.0 Å². The van der Waals surface area contributed by atoms with E-state index in [1.165, 1.54) is 11.4 Å². The van der Waals surface area contributed by atoms with Crippen LogP contribution in [0.2, 0.25) is 0 Å². The number of aryl methyl sites for hydroxylation is 1. The molecule has 18 heavy (non-hydrogen) atoms. The summed E-state index contributed by atoms with van der Waals surface area (Å²) in [6, 6.07) is 2.66. The SMILES string of the molecule is CCCn1nccc1C(NN)C1CSCCN1C. The van der Waals surface area contributed by atoms with Crippen molar-refractivity contribution in [2.75, 3.05) is 25.1 Å². The fraction of sp³-hybridized carbons (Fsp3) is 0.750. The lowest BCUT2D eigenvalue weighted by Gasteiger charge is -2.37. The third-order valence-electron chi connectivity index (χ3n) is 3.51. The molecular formula is C12H23N5S. The van der Waals surface area contributed by atoms with Crippen molar-refractivity contribution in [1.82, 2.24) is 20.1 Å². The largest absolute Gasteiger partial charge is 0.300 e. The Bertz CT molecular complexity index is 367. The van der Waals surface area contributed by atoms with Gasteiger partial charge < -0.3 is 0 Å². The van der Waals surface area contributed by atoms with E-state index in [1.54, 1.807) is 0 Å². The molecule has 0 radical (unpaired) electrons. The van der Waals surface area contributed by atoms with Crippen LogP contribution in [-0.2, 0) is 6.54 Å². The smallest absolute Gasteiger partial charge is 0.0791 e. The first-order valence-corrected chi connectivity index (χ1v) is 7.69. The van der Waals surface area contributed by atoms with E-state index in [0.717, 1.165) is 25.3 Å². The first kappa shape index (κ1) is 13.9. The zero-order valence-electron chi connectivity index (χ0n) is 11.2. The molecule has 3 N–H and O–H groups in total. The molecule has 1 fully saturated rings. The van der Waals surface area contributed by atoms with E-state index in [4.69, 9.17) is 5.84 Å². The van der Waals surface area contributed by atoms with Gasteiger partial charge in [-0.15, -0.1) is 0 Å². The highest BCUT2D eigenvalue weighted by molar-refractivity contribution is 7.99. The maximum Gasteiger partial charge on any atom is 0.0791 e. The van der Waals surface area contributed by atoms with Crippen LogP contribution in [0.1, 0.15) is 25.1 Å². The molecule has 2 atom stereocenters. The van der Waals surface area contributed by atoms with E-state index >= 15 is 0 Å². The normalized spacial score (nSPS) is 23.2. The second kappa shape index (κ2) is 6.56. The summed E-state index contributed by atoms with van der Waals surface area (Å²) < 4.78 is 2.07. The van der Waals surface area contributed by atoms with Gasteiger partial charge in [-0.2, -0.15) is 16.9 Å². The highest BCUT2D eigenvalue weighted by Crippen LogP contribution is 2.26. The topological polar surface area (TPSA) is 59.1 Å². The molecule has 2 rings (SSSR count). The number of hydrogen-bond donors (Lipinski definition) is 2. The van der Waals surface area contributed by atoms with Gasteiger partial charge in [0.05, 0.1) is 11.7 Å². The first-order chi connectivity index (χ1) is 8.77. The number of likely N-dealkylation sites (N-methyl/N-ethyl adjacent to an activating group) is 1. The lowest BCUT2D eigenvalue weighted by molar-refractivity contribution is 0.210. The summed E-state index contributed by atoms with van der Waals surface area (Å²) in [6.07, 6.45) is 2.95. The van der Waals surface area contributed by atoms with Crippen LogP contribution in [-0.4, -0.2) is 45.8 Å². The first-order valence-electron chi connectivity index (χ1n) is 6.53. The van der Waals surface area contributed by atoms with Gasteiger partial charge in [0.2, 0.25) is 0 Å². The van der Waals surface area contributed by atoms with Gasteiger partial charge >= 0.3 is 0 Å². The molecule has 2 unspecified atom stereocenters. The van der Waals surface area contributed by atoms with Crippen molar-refractivity contribution in [3.63, 3.8) is 0 Å². The molecule has 1 aromatic rings. The van der Waals surface area contributed by atoms with Gasteiger partial charge in [-0.05, 0) is 19.5 Å². The number of aromatic nitrogens is 2. The van der Waals surface area contributed by atoms with Crippen molar-refractivity contribution in [3.8, 4) is 0 Å². The molecule has 102 valence electrons. The molecule has 0 amide bonds. The van der Waals surface area contributed by atoms with E-state index < -0.39 is 0 Å². The molecule has 1 aromatic heterocycles. The Labute approximate surface area is 113 Å². The monoisotopic (exact) mass is 269 g/mol. The van der Waals surface area contributed by atoms with Crippen LogP contribution < -0.4 is 11.3 Å². The Balaban J connectivity index is 2.18. The van der Waals surface area contributed by atoms with Gasteiger partial charge in [0.25, 0.3) is 0 Å². The van der Waals surface area contributed by atoms with E-state index in [0.29, 0.717) is 6.04 Å². The minimum absolute atomic E-state index is 0.150. The van der Waals surface area contributed by atoms with Gasteiger partial charge in [-0.25, -0.2) is 5.43 Å². The van der Waals surface area contributed by atoms with Crippen molar-refractivity contribution in [2.24, 2.45) is 5.84 Å². The van der Waals surface area contributed by atoms with Crippen LogP contribution in [0.4, 0.5) is 0 Å². The number of nitrogens with one attached hydrogen (secondary N) is 1. The number of thioether (sulfide) groups is 1. The van der Waals surface area contributed by atoms with E-state index in [2.05, 4.69) is 40.1 Å². The number of nitrogens with zero attached hydrogens (tertiary/aromatic N) is 3. The van der Waals surface area contributed by atoms with Gasteiger partial charge in [0.1, 0.15) is 0 Å². The number of hydrogen-bond acceptors (Lipinski definition) is 5. The highest BCUT2D eigenvalue weighted by Gasteiger charge is 2.30. The second-order valence-corrected chi connectivity index (χ2v) is 5.90. The summed E-state index contributed by atoms with van der Waals surface area (Å²) in [6.45, 7) is 4.23. The minimum atomic E-state index is 0.150. The molecule has 6 heteroatoms. The molecule has 0 spiro atoms. The van der Waals surface area contributed by atoms with Crippen molar-refractivity contribution in [1.29, 1.82) is 0 Å². The average Bonchev–Trinajstić information content (AvgIpc) is 2.82. The van der Waals surface area contributed by atoms with Crippen LogP contribution in [0.15, 0.2) is 12.3 Å². The van der Waals surface area contributed by atoms with E-state index in [-0.39, 0.29) is 6.04 Å². The number of nitrogens with two attached hydrogens (primary N) is 1. The lowest BCUT2D eigenvalue weighted by Crippen LogP contribution is -2.50. The Morgan fingerprint density at radius 1 is 1.67 bits per heavy atom. The molecule has 1 aliphatic rings. The van der Waals surface area contributed by atoms with Crippen molar-refractivity contribution >= 4 is 11.8 Å². The van der Waals surface area contributed by atoms with Gasteiger partial charge in [-0.3, -0.25) is 15.4 Å². The third kappa shape index (κ3) is 2.88. The molecule has 1 aliphatic heterocycles. The van der Waals surface area contributed by atoms with Crippen LogP contribution in [0.3, 0.4) is 0 Å². The van der Waals surface area contributed by atoms with E-state index in [9.17, 15) is 0 Å². The molecule has 0 aromatic carbocycles. The number of hydrazine groups is 1. The Morgan fingerprint density at radius 3 is 3.17 bits per heavy atom. The fourth-order valence-electron chi connectivity index (χ4n) is 2.46. The van der Waals surface area contributed by atoms with Crippen LogP contribution in [0.5, 0.6) is 0 Å². The van der Waals surface area contributed by atoms with Gasteiger partial charge in [0.15, 0.2) is 0 Å². The summed E-state index contributed by atoms with van der Waals surface area (Å²) in [5, 5.41) is 4.39. The molecule has 2 heterocycles. The van der Waals surface area contributed by atoms with Crippen LogP contribution in [0.25, 0.3) is 0 Å². The Kier molecular flexibility index (Phi) is 5.05. The molecule has 1 saturated heterocycles. The molecule has 5 nitrogen and oxygen atoms in total. The lowest BCUT2D eigenvalue weighted by atomic mass is 10.1. The number of rotatable bonds is 5. The third-order valence-corrected chi connectivity index (χ3v) is 4.56. The fourth-order valence-corrected chi connectivity index (χ4v) is 3.73. The second-order valence-electron chi connectivity index (χ2n) is 4.75. The molecule has 0 aliphatic carbocycles. The standard InChI is InChI=1S/C12H23N5S/c1-3-6-17-10(4-5-14-17)12(15-13)11-9-18-8-7-16(11)2/h4-5,11-12,15H,3,6-9,13H2,1-2H3. The minimum Gasteiger partial charge on any atom is -0.300 e. The average molecular weight is 269 g/mol. The zero-order valence-corrected chi connectivity index (χ0v) is 12.0.